The molecule has 0 unspecified atom stereocenters. The molecular weight excluding hydrogens is 459 g/mol. The van der Waals surface area contributed by atoms with Crippen LogP contribution in [0, 0.1) is 10.1 Å². The largest absolute Gasteiger partial charge is 0.382 e. The lowest BCUT2D eigenvalue weighted by Gasteiger charge is -2.25. The summed E-state index contributed by atoms with van der Waals surface area (Å²) >= 11 is 0. The van der Waals surface area contributed by atoms with Gasteiger partial charge in [0.05, 0.1) is 11.5 Å². The van der Waals surface area contributed by atoms with Crippen LogP contribution in [-0.4, -0.2) is 36.7 Å². The number of nitrogens with zero attached hydrogens (tertiary/aromatic N) is 2. The van der Waals surface area contributed by atoms with Gasteiger partial charge in [-0.05, 0) is 31.7 Å². The summed E-state index contributed by atoms with van der Waals surface area (Å²) in [5, 5.41) is 17.7. The first kappa shape index (κ1) is 23.6. The lowest BCUT2D eigenvalue weighted by Crippen LogP contribution is -2.44. The fraction of sp³-hybridized carbons (Fsp3) is 0.632. The average molecular weight is 490 g/mol. The molecule has 7 nitrogen and oxygen atoms in total. The van der Waals surface area contributed by atoms with Crippen molar-refractivity contribution in [2.45, 2.75) is 58.0 Å². The molecule has 152 valence electrons. The van der Waals surface area contributed by atoms with E-state index in [2.05, 4.69) is 15.6 Å². The van der Waals surface area contributed by atoms with Gasteiger partial charge < -0.3 is 15.4 Å². The van der Waals surface area contributed by atoms with Crippen LogP contribution in [0.1, 0.15) is 51.0 Å². The molecule has 0 atom stereocenters. The van der Waals surface area contributed by atoms with Gasteiger partial charge >= 0.3 is 0 Å². The second kappa shape index (κ2) is 13.7. The molecule has 0 spiro atoms. The fourth-order valence-corrected chi connectivity index (χ4v) is 3.01. The van der Waals surface area contributed by atoms with E-state index in [4.69, 9.17) is 4.74 Å². The van der Waals surface area contributed by atoms with Crippen molar-refractivity contribution in [2.75, 3.05) is 19.8 Å². The van der Waals surface area contributed by atoms with E-state index in [0.29, 0.717) is 12.6 Å². The molecular formula is C19H31IN4O3. The molecule has 27 heavy (non-hydrogen) atoms. The number of hydrogen-bond donors (Lipinski definition) is 2. The Kier molecular flexibility index (Phi) is 12.0. The van der Waals surface area contributed by atoms with E-state index < -0.39 is 0 Å². The van der Waals surface area contributed by atoms with Gasteiger partial charge in [0.25, 0.3) is 5.69 Å². The number of hydrogen-bond acceptors (Lipinski definition) is 4. The van der Waals surface area contributed by atoms with E-state index in [0.717, 1.165) is 37.7 Å². The number of nitro groups is 1. The van der Waals surface area contributed by atoms with Crippen molar-refractivity contribution in [1.82, 2.24) is 10.6 Å². The summed E-state index contributed by atoms with van der Waals surface area (Å²) in [6, 6.07) is 7.03. The van der Waals surface area contributed by atoms with Crippen molar-refractivity contribution in [2.24, 2.45) is 4.99 Å². The number of rotatable bonds is 9. The highest BCUT2D eigenvalue weighted by Gasteiger charge is 2.14. The maximum absolute atomic E-state index is 10.7. The maximum Gasteiger partial charge on any atom is 0.269 e. The number of aliphatic imine (C=N–C) groups is 1. The maximum atomic E-state index is 10.7. The van der Waals surface area contributed by atoms with E-state index in [1.165, 1.54) is 44.2 Å². The van der Waals surface area contributed by atoms with Crippen LogP contribution in [-0.2, 0) is 11.3 Å². The van der Waals surface area contributed by atoms with Crippen LogP contribution in [0.3, 0.4) is 0 Å². The summed E-state index contributed by atoms with van der Waals surface area (Å²) < 4.78 is 5.37. The third-order valence-corrected chi connectivity index (χ3v) is 4.47. The highest BCUT2D eigenvalue weighted by atomic mass is 127. The molecule has 0 bridgehead atoms. The number of ether oxygens (including phenoxy) is 1. The average Bonchev–Trinajstić information content (AvgIpc) is 2.67. The molecule has 1 aromatic rings. The van der Waals surface area contributed by atoms with Crippen molar-refractivity contribution in [3.8, 4) is 0 Å². The van der Waals surface area contributed by atoms with Crippen LogP contribution < -0.4 is 10.6 Å². The predicted octanol–water partition coefficient (Wildman–Crippen LogP) is 4.01. The van der Waals surface area contributed by atoms with Gasteiger partial charge in [0.1, 0.15) is 0 Å². The van der Waals surface area contributed by atoms with E-state index in [-0.39, 0.29) is 34.6 Å². The van der Waals surface area contributed by atoms with Crippen LogP contribution in [0.5, 0.6) is 0 Å². The van der Waals surface area contributed by atoms with Gasteiger partial charge in [-0.2, -0.15) is 0 Å². The minimum absolute atomic E-state index is 0. The summed E-state index contributed by atoms with van der Waals surface area (Å²) in [6.45, 7) is 4.77. The van der Waals surface area contributed by atoms with Crippen LogP contribution in [0.25, 0.3) is 0 Å². The highest BCUT2D eigenvalue weighted by molar-refractivity contribution is 14.0. The first-order valence-electron chi connectivity index (χ1n) is 9.55. The zero-order valence-corrected chi connectivity index (χ0v) is 18.3. The number of benzene rings is 1. The molecule has 1 saturated carbocycles. The Morgan fingerprint density at radius 3 is 2.59 bits per heavy atom. The standard InChI is InChI=1S/C19H30N4O3.HI/c1-2-26-14-6-13-20-19(22-17-7-4-3-5-8-17)21-15-16-9-11-18(12-10-16)23(24)25;/h9-12,17H,2-8,13-15H2,1H3,(H2,20,21,22);1H. The topological polar surface area (TPSA) is 88.8 Å². The zero-order valence-electron chi connectivity index (χ0n) is 16.0. The molecule has 0 aromatic heterocycles. The number of halogens is 1. The quantitative estimate of drug-likeness (QED) is 0.136. The van der Waals surface area contributed by atoms with E-state index in [1.54, 1.807) is 12.1 Å². The molecule has 0 radical (unpaired) electrons. The van der Waals surface area contributed by atoms with Crippen LogP contribution in [0.4, 0.5) is 5.69 Å². The molecule has 1 aromatic carbocycles. The summed E-state index contributed by atoms with van der Waals surface area (Å²) in [7, 11) is 0. The Labute approximate surface area is 178 Å². The number of non-ortho nitro benzene ring substituents is 1. The van der Waals surface area contributed by atoms with Crippen LogP contribution in [0.15, 0.2) is 29.3 Å². The van der Waals surface area contributed by atoms with Crippen molar-refractivity contribution in [3.05, 3.63) is 39.9 Å². The lowest BCUT2D eigenvalue weighted by atomic mass is 9.96. The zero-order chi connectivity index (χ0) is 18.6. The summed E-state index contributed by atoms with van der Waals surface area (Å²) in [4.78, 5) is 15.0. The van der Waals surface area contributed by atoms with Gasteiger partial charge in [0.15, 0.2) is 5.96 Å². The van der Waals surface area contributed by atoms with Crippen LogP contribution >= 0.6 is 24.0 Å². The van der Waals surface area contributed by atoms with Crippen molar-refractivity contribution >= 4 is 35.6 Å². The summed E-state index contributed by atoms with van der Waals surface area (Å²) in [6.07, 6.45) is 7.12. The predicted molar refractivity (Wildman–Crippen MR) is 119 cm³/mol. The van der Waals surface area contributed by atoms with Crippen molar-refractivity contribution in [3.63, 3.8) is 0 Å². The molecule has 0 heterocycles. The van der Waals surface area contributed by atoms with E-state index >= 15 is 0 Å². The molecule has 8 heteroatoms. The van der Waals surface area contributed by atoms with Gasteiger partial charge in [-0.25, -0.2) is 4.99 Å². The van der Waals surface area contributed by atoms with Crippen molar-refractivity contribution < 1.29 is 9.66 Å². The first-order chi connectivity index (χ1) is 12.7. The summed E-state index contributed by atoms with van der Waals surface area (Å²) in [5.74, 6) is 0.812. The second-order valence-corrected chi connectivity index (χ2v) is 6.54. The van der Waals surface area contributed by atoms with Gasteiger partial charge in [-0.3, -0.25) is 10.1 Å². The molecule has 2 rings (SSSR count). The molecule has 1 aliphatic rings. The van der Waals surface area contributed by atoms with E-state index in [9.17, 15) is 10.1 Å². The lowest BCUT2D eigenvalue weighted by molar-refractivity contribution is -0.384. The molecule has 1 fully saturated rings. The SMILES string of the molecule is CCOCCCNC(=NCc1ccc([N+](=O)[O-])cc1)NC1CCCCC1.I. The Morgan fingerprint density at radius 1 is 1.26 bits per heavy atom. The van der Waals surface area contributed by atoms with Crippen LogP contribution in [0.2, 0.25) is 0 Å². The third-order valence-electron chi connectivity index (χ3n) is 4.47. The van der Waals surface area contributed by atoms with Gasteiger partial charge in [0.2, 0.25) is 0 Å². The molecule has 1 aliphatic carbocycles. The number of nitro benzene ring substituents is 1. The van der Waals surface area contributed by atoms with Gasteiger partial charge in [0, 0.05) is 37.9 Å². The second-order valence-electron chi connectivity index (χ2n) is 6.54. The van der Waals surface area contributed by atoms with Gasteiger partial charge in [-0.15, -0.1) is 24.0 Å². The third kappa shape index (κ3) is 9.37. The van der Waals surface area contributed by atoms with Crippen molar-refractivity contribution in [1.29, 1.82) is 0 Å². The fourth-order valence-electron chi connectivity index (χ4n) is 3.01. The first-order valence-corrected chi connectivity index (χ1v) is 9.55. The summed E-state index contributed by atoms with van der Waals surface area (Å²) in [5.41, 5.74) is 1.06. The van der Waals surface area contributed by atoms with E-state index in [1.807, 2.05) is 6.92 Å². The number of guanidine groups is 1. The number of nitrogens with one attached hydrogen (secondary N) is 2. The Balaban J connectivity index is 0.00000364. The minimum Gasteiger partial charge on any atom is -0.382 e. The Bertz CT molecular complexity index is 575. The molecule has 0 amide bonds. The Hall–Kier alpha value is -1.42. The normalized spacial score (nSPS) is 15.1. The molecule has 2 N–H and O–H groups in total. The monoisotopic (exact) mass is 490 g/mol. The minimum atomic E-state index is -0.386. The van der Waals surface area contributed by atoms with Gasteiger partial charge in [-0.1, -0.05) is 31.4 Å². The molecule has 0 aliphatic heterocycles. The smallest absolute Gasteiger partial charge is 0.269 e. The highest BCUT2D eigenvalue weighted by Crippen LogP contribution is 2.17. The molecule has 0 saturated heterocycles. The Morgan fingerprint density at radius 2 is 1.96 bits per heavy atom.